The van der Waals surface area contributed by atoms with Gasteiger partial charge in [0, 0.05) is 23.0 Å². The molecule has 0 fully saturated rings. The number of aliphatic hydroxyl groups excluding tert-OH is 1. The highest BCUT2D eigenvalue weighted by Crippen LogP contribution is 2.31. The van der Waals surface area contributed by atoms with E-state index in [1.807, 2.05) is 60.0 Å². The Hall–Kier alpha value is -3.42. The number of rotatable bonds is 5. The monoisotopic (exact) mass is 402 g/mol. The number of nitrogens with one attached hydrogen (secondary N) is 3. The third-order valence-electron chi connectivity index (χ3n) is 4.95. The summed E-state index contributed by atoms with van der Waals surface area (Å²) in [6, 6.07) is 18.8. The van der Waals surface area contributed by atoms with Gasteiger partial charge >= 0.3 is 0 Å². The van der Waals surface area contributed by atoms with Crippen LogP contribution in [0.25, 0.3) is 32.5 Å². The smallest absolute Gasteiger partial charge is 0.251 e. The molecule has 0 radical (unpaired) electrons. The lowest BCUT2D eigenvalue weighted by Gasteiger charge is -2.12. The summed E-state index contributed by atoms with van der Waals surface area (Å²) in [5, 5.41) is 23.5. The highest BCUT2D eigenvalue weighted by atomic mass is 32.1. The molecular formula is C22H18N4O2S. The first-order valence-electron chi connectivity index (χ1n) is 9.25. The summed E-state index contributed by atoms with van der Waals surface area (Å²) in [5.41, 5.74) is 4.98. The summed E-state index contributed by atoms with van der Waals surface area (Å²) in [4.78, 5) is 15.9. The third-order valence-corrected chi connectivity index (χ3v) is 5.87. The second-order valence-electron chi connectivity index (χ2n) is 6.86. The first-order valence-corrected chi connectivity index (χ1v) is 10.1. The molecule has 0 aliphatic carbocycles. The molecule has 2 aromatic carbocycles. The molecule has 1 atom stereocenters. The van der Waals surface area contributed by atoms with E-state index >= 15 is 0 Å². The van der Waals surface area contributed by atoms with Crippen LogP contribution in [0.1, 0.15) is 22.0 Å². The zero-order chi connectivity index (χ0) is 19.8. The second kappa shape index (κ2) is 7.20. The molecule has 0 aliphatic heterocycles. The Morgan fingerprint density at radius 2 is 1.97 bits per heavy atom. The Labute approximate surface area is 170 Å². The zero-order valence-corrected chi connectivity index (χ0v) is 16.2. The minimum Gasteiger partial charge on any atom is -0.387 e. The van der Waals surface area contributed by atoms with Crippen molar-refractivity contribution in [2.24, 2.45) is 0 Å². The number of benzene rings is 2. The van der Waals surface area contributed by atoms with Gasteiger partial charge in [0.15, 0.2) is 0 Å². The number of aliphatic hydroxyl groups is 1. The lowest BCUT2D eigenvalue weighted by Crippen LogP contribution is -2.28. The van der Waals surface area contributed by atoms with E-state index in [2.05, 4.69) is 20.5 Å². The Morgan fingerprint density at radius 3 is 2.83 bits per heavy atom. The quantitative estimate of drug-likeness (QED) is 0.354. The maximum Gasteiger partial charge on any atom is 0.251 e. The summed E-state index contributed by atoms with van der Waals surface area (Å²) in [7, 11) is 0. The molecule has 0 saturated heterocycles. The van der Waals surface area contributed by atoms with Crippen molar-refractivity contribution in [3.05, 3.63) is 77.2 Å². The largest absolute Gasteiger partial charge is 0.387 e. The van der Waals surface area contributed by atoms with Crippen molar-refractivity contribution in [2.75, 3.05) is 6.54 Å². The van der Waals surface area contributed by atoms with Crippen LogP contribution in [0.15, 0.2) is 66.0 Å². The van der Waals surface area contributed by atoms with Gasteiger partial charge in [-0.25, -0.2) is 0 Å². The highest BCUT2D eigenvalue weighted by molar-refractivity contribution is 7.17. The number of fused-ring (bicyclic) bond motifs is 2. The molecule has 3 heterocycles. The van der Waals surface area contributed by atoms with Gasteiger partial charge in [-0.15, -0.1) is 11.3 Å². The van der Waals surface area contributed by atoms with E-state index in [1.165, 1.54) is 0 Å². The van der Waals surface area contributed by atoms with Crippen molar-refractivity contribution in [2.45, 2.75) is 6.10 Å². The molecule has 29 heavy (non-hydrogen) atoms. The molecule has 1 unspecified atom stereocenters. The molecule has 0 bridgehead atoms. The normalized spacial score (nSPS) is 12.4. The van der Waals surface area contributed by atoms with E-state index < -0.39 is 6.10 Å². The lowest BCUT2D eigenvalue weighted by molar-refractivity contribution is 0.0916. The van der Waals surface area contributed by atoms with Crippen LogP contribution >= 0.6 is 11.3 Å². The third kappa shape index (κ3) is 3.30. The number of hydrogen-bond acceptors (Lipinski definition) is 4. The van der Waals surface area contributed by atoms with Gasteiger partial charge in [0.25, 0.3) is 5.91 Å². The standard InChI is InChI=1S/C22H18N4O2S/c27-19(13-4-2-1-3-5-13)12-23-22(28)15-7-6-14-10-18(24-17(14)11-15)20-21-16(25-26-20)8-9-29-21/h1-11,19,24,27H,12H2,(H,23,28)(H,25,26). The van der Waals surface area contributed by atoms with Gasteiger partial charge in [-0.1, -0.05) is 36.4 Å². The number of aromatic amines is 2. The summed E-state index contributed by atoms with van der Waals surface area (Å²) in [5.74, 6) is -0.224. The summed E-state index contributed by atoms with van der Waals surface area (Å²) in [6.07, 6.45) is -0.742. The second-order valence-corrected chi connectivity index (χ2v) is 7.77. The Balaban J connectivity index is 1.36. The van der Waals surface area contributed by atoms with Gasteiger partial charge in [-0.05, 0) is 35.2 Å². The van der Waals surface area contributed by atoms with Crippen molar-refractivity contribution >= 4 is 38.4 Å². The number of amides is 1. The summed E-state index contributed by atoms with van der Waals surface area (Å²) < 4.78 is 1.10. The Morgan fingerprint density at radius 1 is 1.10 bits per heavy atom. The van der Waals surface area contributed by atoms with Crippen LogP contribution in [0.2, 0.25) is 0 Å². The van der Waals surface area contributed by atoms with Crippen LogP contribution in [0.4, 0.5) is 0 Å². The van der Waals surface area contributed by atoms with Crippen molar-refractivity contribution in [3.63, 3.8) is 0 Å². The fourth-order valence-corrected chi connectivity index (χ4v) is 4.26. The molecule has 1 amide bonds. The average molecular weight is 402 g/mol. The maximum atomic E-state index is 12.5. The van der Waals surface area contributed by atoms with Crippen LogP contribution in [-0.2, 0) is 0 Å². The molecule has 7 heteroatoms. The number of hydrogen-bond donors (Lipinski definition) is 4. The highest BCUT2D eigenvalue weighted by Gasteiger charge is 2.14. The molecule has 0 aliphatic rings. The SMILES string of the molecule is O=C(NCC(O)c1ccccc1)c1ccc2cc(-c3n[nH]c4ccsc34)[nH]c2c1. The van der Waals surface area contributed by atoms with Crippen LogP contribution in [0, 0.1) is 0 Å². The minimum absolute atomic E-state index is 0.153. The molecular weight excluding hydrogens is 384 g/mol. The van der Waals surface area contributed by atoms with Crippen LogP contribution in [-0.4, -0.2) is 32.7 Å². The van der Waals surface area contributed by atoms with E-state index in [9.17, 15) is 9.90 Å². The topological polar surface area (TPSA) is 93.8 Å². The van der Waals surface area contributed by atoms with E-state index in [4.69, 9.17) is 0 Å². The predicted molar refractivity (Wildman–Crippen MR) is 115 cm³/mol. The molecule has 4 N–H and O–H groups in total. The molecule has 6 nitrogen and oxygen atoms in total. The van der Waals surface area contributed by atoms with Crippen LogP contribution in [0.3, 0.4) is 0 Å². The maximum absolute atomic E-state index is 12.5. The van der Waals surface area contributed by atoms with Gasteiger partial charge in [-0.2, -0.15) is 5.10 Å². The lowest BCUT2D eigenvalue weighted by atomic mass is 10.1. The number of aromatic nitrogens is 3. The van der Waals surface area contributed by atoms with Crippen molar-refractivity contribution < 1.29 is 9.90 Å². The molecule has 3 aromatic heterocycles. The minimum atomic E-state index is -0.742. The first-order chi connectivity index (χ1) is 14.2. The molecule has 144 valence electrons. The van der Waals surface area contributed by atoms with Gasteiger partial charge in [0.1, 0.15) is 5.69 Å². The summed E-state index contributed by atoms with van der Waals surface area (Å²) in [6.45, 7) is 0.153. The molecule has 0 saturated carbocycles. The summed E-state index contributed by atoms with van der Waals surface area (Å²) >= 11 is 1.64. The van der Waals surface area contributed by atoms with Gasteiger partial charge in [0.05, 0.1) is 22.0 Å². The van der Waals surface area contributed by atoms with E-state index in [0.717, 1.165) is 38.1 Å². The van der Waals surface area contributed by atoms with Crippen molar-refractivity contribution in [1.82, 2.24) is 20.5 Å². The van der Waals surface area contributed by atoms with Crippen LogP contribution in [0.5, 0.6) is 0 Å². The first kappa shape index (κ1) is 17.7. The molecule has 5 rings (SSSR count). The zero-order valence-electron chi connectivity index (χ0n) is 15.3. The number of carbonyl (C=O) groups is 1. The fourth-order valence-electron chi connectivity index (χ4n) is 3.41. The van der Waals surface area contributed by atoms with Gasteiger partial charge in [0.2, 0.25) is 0 Å². The van der Waals surface area contributed by atoms with E-state index in [1.54, 1.807) is 17.4 Å². The number of H-pyrrole nitrogens is 2. The number of nitrogens with zero attached hydrogens (tertiary/aromatic N) is 1. The molecule has 0 spiro atoms. The van der Waals surface area contributed by atoms with Gasteiger partial charge < -0.3 is 15.4 Å². The van der Waals surface area contributed by atoms with E-state index in [0.29, 0.717) is 5.56 Å². The van der Waals surface area contributed by atoms with E-state index in [-0.39, 0.29) is 12.5 Å². The average Bonchev–Trinajstić information content (AvgIpc) is 3.46. The van der Waals surface area contributed by atoms with Gasteiger partial charge in [-0.3, -0.25) is 9.89 Å². The van der Waals surface area contributed by atoms with Crippen molar-refractivity contribution in [3.8, 4) is 11.4 Å². The number of carbonyl (C=O) groups excluding carboxylic acids is 1. The molecule has 5 aromatic rings. The van der Waals surface area contributed by atoms with Crippen LogP contribution < -0.4 is 5.32 Å². The Kier molecular flexibility index (Phi) is 4.38. The fraction of sp³-hybridized carbons (Fsp3) is 0.0909. The Bertz CT molecular complexity index is 1300. The predicted octanol–water partition coefficient (Wildman–Crippen LogP) is 4.24. The number of thiophene rings is 1. The van der Waals surface area contributed by atoms with Crippen molar-refractivity contribution in [1.29, 1.82) is 0 Å².